The van der Waals surface area contributed by atoms with Gasteiger partial charge >= 0.3 is 0 Å². The van der Waals surface area contributed by atoms with Gasteiger partial charge in [-0.25, -0.2) is 0 Å². The number of ether oxygens (including phenoxy) is 2. The fourth-order valence-electron chi connectivity index (χ4n) is 2.43. The molecule has 2 N–H and O–H groups in total. The fourth-order valence-corrected chi connectivity index (χ4v) is 2.61. The first-order valence-corrected chi connectivity index (χ1v) is 7.09. The molecule has 1 atom stereocenters. The number of halogens is 1. The molecule has 2 aromatic rings. The average molecular weight is 319 g/mol. The maximum atomic E-state index is 12.2. The van der Waals surface area contributed by atoms with Gasteiger partial charge in [0.25, 0.3) is 5.91 Å². The van der Waals surface area contributed by atoms with E-state index in [1.54, 1.807) is 38.5 Å². The van der Waals surface area contributed by atoms with Gasteiger partial charge < -0.3 is 20.1 Å². The molecule has 0 aromatic heterocycles. The second kappa shape index (κ2) is 5.77. The van der Waals surface area contributed by atoms with Crippen molar-refractivity contribution in [1.82, 2.24) is 5.32 Å². The van der Waals surface area contributed by atoms with E-state index in [0.717, 1.165) is 5.56 Å². The minimum Gasteiger partial charge on any atom is -0.493 e. The number of fused-ring (bicyclic) bond motifs is 1. The highest BCUT2D eigenvalue weighted by Crippen LogP contribution is 2.33. The van der Waals surface area contributed by atoms with Gasteiger partial charge in [0.05, 0.1) is 25.5 Å². The number of anilines is 1. The highest BCUT2D eigenvalue weighted by atomic mass is 35.5. The van der Waals surface area contributed by atoms with Crippen molar-refractivity contribution in [3.05, 3.63) is 52.5 Å². The lowest BCUT2D eigenvalue weighted by atomic mass is 10.1. The molecule has 1 unspecified atom stereocenters. The van der Waals surface area contributed by atoms with Crippen LogP contribution in [0.5, 0.6) is 11.5 Å². The number of amides is 1. The number of carbonyl (C=O) groups excluding carboxylic acids is 1. The van der Waals surface area contributed by atoms with Gasteiger partial charge in [-0.1, -0.05) is 17.7 Å². The van der Waals surface area contributed by atoms with Crippen LogP contribution in [0.4, 0.5) is 5.69 Å². The topological polar surface area (TPSA) is 59.6 Å². The number of benzene rings is 2. The Labute approximate surface area is 133 Å². The molecular weight excluding hydrogens is 304 g/mol. The molecule has 1 amide bonds. The number of methoxy groups -OCH3 is 2. The lowest BCUT2D eigenvalue weighted by molar-refractivity contribution is 0.0935. The Bertz CT molecular complexity index is 733. The summed E-state index contributed by atoms with van der Waals surface area (Å²) in [6, 6.07) is 10.6. The van der Waals surface area contributed by atoms with Crippen molar-refractivity contribution < 1.29 is 14.3 Å². The van der Waals surface area contributed by atoms with Crippen LogP contribution in [-0.4, -0.2) is 20.1 Å². The van der Waals surface area contributed by atoms with Gasteiger partial charge in [0.15, 0.2) is 11.5 Å². The summed E-state index contributed by atoms with van der Waals surface area (Å²) in [5, 5.41) is 6.74. The van der Waals surface area contributed by atoms with Crippen LogP contribution in [0.25, 0.3) is 0 Å². The van der Waals surface area contributed by atoms with Crippen LogP contribution in [0.2, 0.25) is 5.02 Å². The summed E-state index contributed by atoms with van der Waals surface area (Å²) in [5.41, 5.74) is 2.13. The Morgan fingerprint density at radius 3 is 2.50 bits per heavy atom. The van der Waals surface area contributed by atoms with Crippen molar-refractivity contribution in [2.24, 2.45) is 0 Å². The lowest BCUT2D eigenvalue weighted by Crippen LogP contribution is -2.38. The van der Waals surface area contributed by atoms with E-state index in [1.165, 1.54) is 0 Å². The molecule has 5 nitrogen and oxygen atoms in total. The maximum Gasteiger partial charge on any atom is 0.255 e. The van der Waals surface area contributed by atoms with Crippen molar-refractivity contribution in [2.45, 2.75) is 6.17 Å². The van der Waals surface area contributed by atoms with Crippen LogP contribution in [0.15, 0.2) is 36.4 Å². The largest absolute Gasteiger partial charge is 0.493 e. The number of nitrogens with one attached hydrogen (secondary N) is 2. The fraction of sp³-hybridized carbons (Fsp3) is 0.188. The van der Waals surface area contributed by atoms with Crippen molar-refractivity contribution in [3.8, 4) is 11.5 Å². The molecule has 0 aliphatic carbocycles. The van der Waals surface area contributed by atoms with E-state index < -0.39 is 0 Å². The molecule has 1 aliphatic rings. The third-order valence-corrected chi connectivity index (χ3v) is 3.78. The molecule has 0 saturated carbocycles. The van der Waals surface area contributed by atoms with Crippen LogP contribution in [0.3, 0.4) is 0 Å². The molecule has 6 heteroatoms. The Balaban J connectivity index is 1.95. The molecule has 2 aromatic carbocycles. The predicted molar refractivity (Wildman–Crippen MR) is 84.8 cm³/mol. The van der Waals surface area contributed by atoms with Gasteiger partial charge in [0.2, 0.25) is 0 Å². The molecule has 0 bridgehead atoms. The van der Waals surface area contributed by atoms with Crippen molar-refractivity contribution in [1.29, 1.82) is 0 Å². The third-order valence-electron chi connectivity index (χ3n) is 3.54. The van der Waals surface area contributed by atoms with Gasteiger partial charge in [-0.05, 0) is 35.9 Å². The van der Waals surface area contributed by atoms with Crippen LogP contribution in [0, 0.1) is 0 Å². The first-order chi connectivity index (χ1) is 10.6. The Morgan fingerprint density at radius 2 is 1.77 bits per heavy atom. The van der Waals surface area contributed by atoms with Gasteiger partial charge in [0, 0.05) is 5.02 Å². The zero-order chi connectivity index (χ0) is 15.7. The quantitative estimate of drug-likeness (QED) is 0.912. The van der Waals surface area contributed by atoms with Crippen molar-refractivity contribution in [3.63, 3.8) is 0 Å². The minimum atomic E-state index is -0.363. The smallest absolute Gasteiger partial charge is 0.255 e. The predicted octanol–water partition coefficient (Wildman–Crippen LogP) is 3.21. The van der Waals surface area contributed by atoms with Gasteiger partial charge in [-0.15, -0.1) is 0 Å². The number of hydrogen-bond acceptors (Lipinski definition) is 4. The molecule has 0 spiro atoms. The first-order valence-electron chi connectivity index (χ1n) is 6.71. The summed E-state index contributed by atoms with van der Waals surface area (Å²) in [5.74, 6) is 1.09. The van der Waals surface area contributed by atoms with Crippen LogP contribution in [-0.2, 0) is 0 Å². The SMILES string of the molecule is COc1ccc(C2NC(=O)c3ccc(Cl)cc3N2)cc1OC. The van der Waals surface area contributed by atoms with E-state index >= 15 is 0 Å². The van der Waals surface area contributed by atoms with Crippen molar-refractivity contribution >= 4 is 23.2 Å². The molecule has 1 heterocycles. The zero-order valence-electron chi connectivity index (χ0n) is 12.1. The van der Waals surface area contributed by atoms with Gasteiger partial charge in [-0.3, -0.25) is 4.79 Å². The normalized spacial score (nSPS) is 16.3. The van der Waals surface area contributed by atoms with E-state index in [9.17, 15) is 4.79 Å². The molecule has 1 aliphatic heterocycles. The highest BCUT2D eigenvalue weighted by molar-refractivity contribution is 6.31. The molecule has 114 valence electrons. The van der Waals surface area contributed by atoms with Crippen molar-refractivity contribution in [2.75, 3.05) is 19.5 Å². The molecule has 0 fully saturated rings. The molecular formula is C16H15ClN2O3. The van der Waals surface area contributed by atoms with Crippen LogP contribution in [0.1, 0.15) is 22.1 Å². The average Bonchev–Trinajstić information content (AvgIpc) is 2.53. The summed E-state index contributed by atoms with van der Waals surface area (Å²) >= 11 is 6.00. The monoisotopic (exact) mass is 318 g/mol. The number of carbonyl (C=O) groups is 1. The number of rotatable bonds is 3. The summed E-state index contributed by atoms with van der Waals surface area (Å²) in [4.78, 5) is 12.2. The van der Waals surface area contributed by atoms with E-state index in [0.29, 0.717) is 27.8 Å². The van der Waals surface area contributed by atoms with Crippen LogP contribution >= 0.6 is 11.6 Å². The Kier molecular flexibility index (Phi) is 3.81. The van der Waals surface area contributed by atoms with Crippen LogP contribution < -0.4 is 20.1 Å². The first kappa shape index (κ1) is 14.5. The van der Waals surface area contributed by atoms with Gasteiger partial charge in [-0.2, -0.15) is 0 Å². The minimum absolute atomic E-state index is 0.148. The third kappa shape index (κ3) is 2.55. The Morgan fingerprint density at radius 1 is 1.00 bits per heavy atom. The summed E-state index contributed by atoms with van der Waals surface area (Å²) in [6.45, 7) is 0. The number of hydrogen-bond donors (Lipinski definition) is 2. The Hall–Kier alpha value is -2.40. The molecule has 3 rings (SSSR count). The van der Waals surface area contributed by atoms with E-state index in [4.69, 9.17) is 21.1 Å². The van der Waals surface area contributed by atoms with E-state index in [2.05, 4.69) is 10.6 Å². The second-order valence-corrected chi connectivity index (χ2v) is 5.29. The highest BCUT2D eigenvalue weighted by Gasteiger charge is 2.25. The summed E-state index contributed by atoms with van der Waals surface area (Å²) in [7, 11) is 3.15. The summed E-state index contributed by atoms with van der Waals surface area (Å²) < 4.78 is 10.5. The molecule has 22 heavy (non-hydrogen) atoms. The zero-order valence-corrected chi connectivity index (χ0v) is 12.9. The lowest BCUT2D eigenvalue weighted by Gasteiger charge is -2.28. The molecule has 0 radical (unpaired) electrons. The van der Waals surface area contributed by atoms with Gasteiger partial charge in [0.1, 0.15) is 6.17 Å². The maximum absolute atomic E-state index is 12.2. The second-order valence-electron chi connectivity index (χ2n) is 4.86. The standard InChI is InChI=1S/C16H15ClN2O3/c1-21-13-6-3-9(7-14(13)22-2)15-18-12-8-10(17)4-5-11(12)16(20)19-15/h3-8,15,18H,1-2H3,(H,19,20). The van der Waals surface area contributed by atoms with E-state index in [-0.39, 0.29) is 12.1 Å². The molecule has 0 saturated heterocycles. The summed E-state index contributed by atoms with van der Waals surface area (Å²) in [6.07, 6.45) is -0.363. The van der Waals surface area contributed by atoms with E-state index in [1.807, 2.05) is 12.1 Å².